The van der Waals surface area contributed by atoms with E-state index in [2.05, 4.69) is 15.0 Å². The first-order valence-corrected chi connectivity index (χ1v) is 7.53. The van der Waals surface area contributed by atoms with Crippen LogP contribution >= 0.6 is 0 Å². The molecule has 0 aliphatic heterocycles. The number of hydrogen-bond acceptors (Lipinski definition) is 5. The fourth-order valence-electron chi connectivity index (χ4n) is 2.24. The Morgan fingerprint density at radius 2 is 1.73 bits per heavy atom. The molecule has 2 aromatic heterocycles. The van der Waals surface area contributed by atoms with Crippen LogP contribution in [0.1, 0.15) is 5.56 Å². The van der Waals surface area contributed by atoms with E-state index in [1.165, 1.54) is 30.7 Å². The maximum absolute atomic E-state index is 12.7. The van der Waals surface area contributed by atoms with Gasteiger partial charge in [-0.05, 0) is 12.1 Å². The lowest BCUT2D eigenvalue weighted by Crippen LogP contribution is -2.25. The van der Waals surface area contributed by atoms with E-state index in [9.17, 15) is 18.4 Å². The molecule has 6 nitrogen and oxygen atoms in total. The quantitative estimate of drug-likeness (QED) is 0.530. The number of hydrogen-bond donors (Lipinski definition) is 0. The van der Waals surface area contributed by atoms with Crippen LogP contribution in [-0.2, 0) is 6.18 Å². The van der Waals surface area contributed by atoms with Gasteiger partial charge in [0.1, 0.15) is 11.5 Å². The molecule has 3 aromatic rings. The number of alkyl halides is 3. The monoisotopic (exact) mass is 361 g/mol. The molecule has 0 unspecified atom stereocenters. The maximum atomic E-state index is 12.7. The Morgan fingerprint density at radius 3 is 2.31 bits per heavy atom. The predicted octanol–water partition coefficient (Wildman–Crippen LogP) is 2.92. The molecule has 0 radical (unpaired) electrons. The van der Waals surface area contributed by atoms with Crippen molar-refractivity contribution in [2.75, 3.05) is 19.0 Å². The number of rotatable bonds is 3. The number of halogens is 3. The normalized spacial score (nSPS) is 11.4. The Morgan fingerprint density at radius 1 is 1.04 bits per heavy atom. The van der Waals surface area contributed by atoms with Gasteiger partial charge in [0, 0.05) is 25.7 Å². The van der Waals surface area contributed by atoms with Crippen molar-refractivity contribution in [1.82, 2.24) is 15.0 Å². The zero-order valence-electron chi connectivity index (χ0n) is 13.9. The molecule has 3 rings (SSSR count). The van der Waals surface area contributed by atoms with Crippen LogP contribution < -0.4 is 9.63 Å². The van der Waals surface area contributed by atoms with Crippen LogP contribution in [0.15, 0.2) is 48.9 Å². The van der Waals surface area contributed by atoms with Crippen LogP contribution in [0.4, 0.5) is 19.0 Å². The second-order valence-electron chi connectivity index (χ2n) is 5.71. The van der Waals surface area contributed by atoms with E-state index in [0.717, 1.165) is 12.1 Å². The van der Waals surface area contributed by atoms with Gasteiger partial charge in [0.15, 0.2) is 17.7 Å². The molecular formula is C17H14F3N5O. The second-order valence-corrected chi connectivity index (χ2v) is 5.71. The second kappa shape index (κ2) is 6.58. The van der Waals surface area contributed by atoms with Gasteiger partial charge in [-0.3, -0.25) is 0 Å². The Balaban J connectivity index is 2.09. The highest BCUT2D eigenvalue weighted by Crippen LogP contribution is 2.31. The summed E-state index contributed by atoms with van der Waals surface area (Å²) in [5.41, 5.74) is 0.404. The SMILES string of the molecule is CN(C)c1cc(-c2c[n+]([O-])ccn2)nc(-c2ccc(C(F)(F)F)cc2)n1. The largest absolute Gasteiger partial charge is 0.619 e. The lowest BCUT2D eigenvalue weighted by atomic mass is 10.1. The Labute approximate surface area is 147 Å². The summed E-state index contributed by atoms with van der Waals surface area (Å²) in [7, 11) is 3.55. The van der Waals surface area contributed by atoms with E-state index >= 15 is 0 Å². The molecular weight excluding hydrogens is 347 g/mol. The average molecular weight is 361 g/mol. The first-order valence-electron chi connectivity index (χ1n) is 7.53. The number of benzene rings is 1. The van der Waals surface area contributed by atoms with Crippen molar-refractivity contribution in [1.29, 1.82) is 0 Å². The van der Waals surface area contributed by atoms with Crippen LogP contribution in [0.25, 0.3) is 22.8 Å². The van der Waals surface area contributed by atoms with E-state index in [1.807, 2.05) is 0 Å². The van der Waals surface area contributed by atoms with Gasteiger partial charge in [-0.15, -0.1) is 0 Å². The van der Waals surface area contributed by atoms with Crippen LogP contribution in [0.2, 0.25) is 0 Å². The maximum Gasteiger partial charge on any atom is 0.416 e. The van der Waals surface area contributed by atoms with Gasteiger partial charge in [0.25, 0.3) is 0 Å². The van der Waals surface area contributed by atoms with Crippen molar-refractivity contribution < 1.29 is 17.9 Å². The van der Waals surface area contributed by atoms with Crippen LogP contribution in [0.5, 0.6) is 0 Å². The summed E-state index contributed by atoms with van der Waals surface area (Å²) in [6.45, 7) is 0. The summed E-state index contributed by atoms with van der Waals surface area (Å²) in [5, 5.41) is 11.5. The molecule has 26 heavy (non-hydrogen) atoms. The summed E-state index contributed by atoms with van der Waals surface area (Å²) in [6.07, 6.45) is -0.560. The standard InChI is InChI=1S/C17H14F3N5O/c1-24(2)15-9-13(14-10-25(26)8-7-21-14)22-16(23-15)11-3-5-12(6-4-11)17(18,19)20/h3-10H,1-2H3. The summed E-state index contributed by atoms with van der Waals surface area (Å²) >= 11 is 0. The van der Waals surface area contributed by atoms with Crippen LogP contribution in [0, 0.1) is 5.21 Å². The van der Waals surface area contributed by atoms with Crippen molar-refractivity contribution in [3.63, 3.8) is 0 Å². The zero-order chi connectivity index (χ0) is 18.9. The van der Waals surface area contributed by atoms with Gasteiger partial charge in [0.2, 0.25) is 6.20 Å². The number of anilines is 1. The summed E-state index contributed by atoms with van der Waals surface area (Å²) < 4.78 is 38.8. The minimum absolute atomic E-state index is 0.239. The third-order valence-corrected chi connectivity index (χ3v) is 3.58. The fourth-order valence-corrected chi connectivity index (χ4v) is 2.24. The lowest BCUT2D eigenvalue weighted by molar-refractivity contribution is -0.605. The molecule has 134 valence electrons. The summed E-state index contributed by atoms with van der Waals surface area (Å²) in [4.78, 5) is 14.6. The van der Waals surface area contributed by atoms with Gasteiger partial charge in [-0.25, -0.2) is 15.0 Å². The molecule has 0 N–H and O–H groups in total. The van der Waals surface area contributed by atoms with Gasteiger partial charge in [-0.1, -0.05) is 12.1 Å². The third kappa shape index (κ3) is 3.71. The number of aromatic nitrogens is 4. The zero-order valence-corrected chi connectivity index (χ0v) is 13.9. The van der Waals surface area contributed by atoms with Crippen LogP contribution in [0.3, 0.4) is 0 Å². The van der Waals surface area contributed by atoms with Crippen molar-refractivity contribution in [2.45, 2.75) is 6.18 Å². The Bertz CT molecular complexity index is 926. The molecule has 0 saturated heterocycles. The van der Waals surface area contributed by atoms with Crippen molar-refractivity contribution in [3.05, 3.63) is 59.7 Å². The molecule has 2 heterocycles. The lowest BCUT2D eigenvalue weighted by Gasteiger charge is -2.14. The number of nitrogens with zero attached hydrogens (tertiary/aromatic N) is 5. The first-order chi connectivity index (χ1) is 12.2. The van der Waals surface area contributed by atoms with Crippen molar-refractivity contribution in [3.8, 4) is 22.8 Å². The van der Waals surface area contributed by atoms with Gasteiger partial charge in [-0.2, -0.15) is 17.9 Å². The summed E-state index contributed by atoms with van der Waals surface area (Å²) in [5.74, 6) is 0.774. The first kappa shape index (κ1) is 17.6. The molecule has 0 fully saturated rings. The van der Waals surface area contributed by atoms with Crippen molar-refractivity contribution in [2.24, 2.45) is 0 Å². The van der Waals surface area contributed by atoms with Crippen molar-refractivity contribution >= 4 is 5.82 Å². The summed E-state index contributed by atoms with van der Waals surface area (Å²) in [6, 6.07) is 6.23. The third-order valence-electron chi connectivity index (χ3n) is 3.58. The Hall–Kier alpha value is -3.23. The minimum atomic E-state index is -4.41. The van der Waals surface area contributed by atoms with Gasteiger partial charge < -0.3 is 10.1 Å². The molecule has 0 spiro atoms. The molecule has 0 aliphatic carbocycles. The van der Waals surface area contributed by atoms with Crippen LogP contribution in [-0.4, -0.2) is 29.0 Å². The highest BCUT2D eigenvalue weighted by Gasteiger charge is 2.30. The predicted molar refractivity (Wildman–Crippen MR) is 89.0 cm³/mol. The minimum Gasteiger partial charge on any atom is -0.619 e. The molecule has 0 bridgehead atoms. The highest BCUT2D eigenvalue weighted by atomic mass is 19.4. The topological polar surface area (TPSA) is 68.8 Å². The molecule has 9 heteroatoms. The average Bonchev–Trinajstić information content (AvgIpc) is 2.60. The van der Waals surface area contributed by atoms with Gasteiger partial charge >= 0.3 is 6.18 Å². The van der Waals surface area contributed by atoms with E-state index in [1.54, 1.807) is 25.1 Å². The molecule has 0 saturated carbocycles. The fraction of sp³-hybridized carbons (Fsp3) is 0.176. The highest BCUT2D eigenvalue weighted by molar-refractivity contribution is 5.65. The van der Waals surface area contributed by atoms with E-state index in [4.69, 9.17) is 0 Å². The van der Waals surface area contributed by atoms with E-state index < -0.39 is 11.7 Å². The molecule has 0 amide bonds. The molecule has 1 aromatic carbocycles. The molecule has 0 atom stereocenters. The van der Waals surface area contributed by atoms with Gasteiger partial charge in [0.05, 0.1) is 11.8 Å². The van der Waals surface area contributed by atoms with E-state index in [0.29, 0.717) is 27.5 Å². The smallest absolute Gasteiger partial charge is 0.416 e. The van der Waals surface area contributed by atoms with E-state index in [-0.39, 0.29) is 5.82 Å². The Kier molecular flexibility index (Phi) is 4.45. The molecule has 0 aliphatic rings.